The summed E-state index contributed by atoms with van der Waals surface area (Å²) in [4.78, 5) is 11.4. The topological polar surface area (TPSA) is 57.3 Å². The molecule has 3 rings (SSSR count). The number of cyclic esters (lactones) is 1. The molecule has 3 saturated heterocycles. The van der Waals surface area contributed by atoms with Crippen molar-refractivity contribution in [3.05, 3.63) is 0 Å². The Morgan fingerprint density at radius 3 is 2.67 bits per heavy atom. The third-order valence-electron chi connectivity index (χ3n) is 3.16. The Morgan fingerprint density at radius 1 is 1.33 bits per heavy atom. The molecule has 0 saturated carbocycles. The Bertz CT molecular complexity index is 313. The predicted molar refractivity (Wildman–Crippen MR) is 48.1 cm³/mol. The maximum absolute atomic E-state index is 11.4. The molecule has 0 amide bonds. The highest BCUT2D eigenvalue weighted by molar-refractivity contribution is 5.85. The van der Waals surface area contributed by atoms with E-state index < -0.39 is 11.4 Å². The number of epoxide rings is 1. The first-order chi connectivity index (χ1) is 7.04. The fourth-order valence-electron chi connectivity index (χ4n) is 2.32. The van der Waals surface area contributed by atoms with Gasteiger partial charge in [0, 0.05) is 6.42 Å². The molecule has 0 unspecified atom stereocenters. The summed E-state index contributed by atoms with van der Waals surface area (Å²) in [5.74, 6) is -0.818. The van der Waals surface area contributed by atoms with Crippen LogP contribution in [-0.4, -0.2) is 42.8 Å². The van der Waals surface area contributed by atoms with Gasteiger partial charge in [0.15, 0.2) is 11.4 Å². The zero-order valence-corrected chi connectivity index (χ0v) is 8.82. The monoisotopic (exact) mass is 214 g/mol. The average molecular weight is 214 g/mol. The molecule has 1 spiro atoms. The van der Waals surface area contributed by atoms with Crippen LogP contribution >= 0.6 is 0 Å². The summed E-state index contributed by atoms with van der Waals surface area (Å²) in [6.07, 6.45) is 0.302. The number of esters is 1. The molecule has 0 bridgehead atoms. The molecule has 0 aromatic rings. The number of hydrogen-bond donors (Lipinski definition) is 0. The van der Waals surface area contributed by atoms with Crippen LogP contribution in [0.4, 0.5) is 0 Å². The largest absolute Gasteiger partial charge is 0.463 e. The molecule has 0 radical (unpaired) electrons. The maximum Gasteiger partial charge on any atom is 0.341 e. The maximum atomic E-state index is 11.4. The SMILES string of the molecule is CC1(C)OC[C@H]([C@H]2O[C@@]23CCOC3=O)O1. The van der Waals surface area contributed by atoms with Crippen LogP contribution in [0.15, 0.2) is 0 Å². The normalized spacial score (nSPS) is 47.2. The highest BCUT2D eigenvalue weighted by Gasteiger charge is 2.70. The first-order valence-corrected chi connectivity index (χ1v) is 5.20. The van der Waals surface area contributed by atoms with Gasteiger partial charge in [-0.25, -0.2) is 4.79 Å². The number of hydrogen-bond acceptors (Lipinski definition) is 5. The average Bonchev–Trinajstić information content (AvgIpc) is 2.61. The standard InChI is InChI=1S/C10H14O5/c1-9(2)13-5-6(14-9)7-10(15-7)3-4-12-8(10)11/h6-7H,3-5H2,1-2H3/t6-,7-,10+/m1/s1. The van der Waals surface area contributed by atoms with Crippen molar-refractivity contribution in [1.82, 2.24) is 0 Å². The van der Waals surface area contributed by atoms with Gasteiger partial charge in [-0.15, -0.1) is 0 Å². The van der Waals surface area contributed by atoms with E-state index in [1.165, 1.54) is 0 Å². The van der Waals surface area contributed by atoms with Crippen LogP contribution in [0.1, 0.15) is 20.3 Å². The van der Waals surface area contributed by atoms with E-state index in [0.717, 1.165) is 0 Å². The first kappa shape index (κ1) is 9.57. The van der Waals surface area contributed by atoms with Gasteiger partial charge in [-0.05, 0) is 13.8 Å². The zero-order chi connectivity index (χ0) is 10.7. The second-order valence-electron chi connectivity index (χ2n) is 4.68. The van der Waals surface area contributed by atoms with E-state index in [0.29, 0.717) is 19.6 Å². The highest BCUT2D eigenvalue weighted by Crippen LogP contribution is 2.48. The van der Waals surface area contributed by atoms with E-state index in [1.807, 2.05) is 13.8 Å². The van der Waals surface area contributed by atoms with Crippen molar-refractivity contribution in [2.75, 3.05) is 13.2 Å². The van der Waals surface area contributed by atoms with E-state index in [1.54, 1.807) is 0 Å². The van der Waals surface area contributed by atoms with Gasteiger partial charge >= 0.3 is 5.97 Å². The Balaban J connectivity index is 1.70. The van der Waals surface area contributed by atoms with Gasteiger partial charge in [0.2, 0.25) is 0 Å². The molecule has 84 valence electrons. The van der Waals surface area contributed by atoms with E-state index >= 15 is 0 Å². The number of carbonyl (C=O) groups excluding carboxylic acids is 1. The summed E-state index contributed by atoms with van der Waals surface area (Å²) in [7, 11) is 0. The molecule has 3 heterocycles. The fraction of sp³-hybridized carbons (Fsp3) is 0.900. The summed E-state index contributed by atoms with van der Waals surface area (Å²) in [6.45, 7) is 4.64. The van der Waals surface area contributed by atoms with Crippen molar-refractivity contribution < 1.29 is 23.7 Å². The molecular weight excluding hydrogens is 200 g/mol. The molecule has 0 aliphatic carbocycles. The molecule has 5 heteroatoms. The van der Waals surface area contributed by atoms with Gasteiger partial charge in [-0.1, -0.05) is 0 Å². The van der Waals surface area contributed by atoms with Crippen molar-refractivity contribution in [3.63, 3.8) is 0 Å². The molecular formula is C10H14O5. The second kappa shape index (κ2) is 2.72. The van der Waals surface area contributed by atoms with E-state index in [9.17, 15) is 4.79 Å². The molecule has 15 heavy (non-hydrogen) atoms. The molecule has 3 fully saturated rings. The second-order valence-corrected chi connectivity index (χ2v) is 4.68. The Morgan fingerprint density at radius 2 is 2.13 bits per heavy atom. The minimum absolute atomic E-state index is 0.148. The number of ether oxygens (including phenoxy) is 4. The van der Waals surface area contributed by atoms with Crippen molar-refractivity contribution in [3.8, 4) is 0 Å². The predicted octanol–water partition coefficient (Wildman–Crippen LogP) is 0.222. The lowest BCUT2D eigenvalue weighted by molar-refractivity contribution is -0.143. The Hall–Kier alpha value is -0.650. The third-order valence-corrected chi connectivity index (χ3v) is 3.16. The van der Waals surface area contributed by atoms with Crippen LogP contribution < -0.4 is 0 Å². The van der Waals surface area contributed by atoms with Crippen LogP contribution in [0.25, 0.3) is 0 Å². The minimum atomic E-state index is -0.714. The smallest absolute Gasteiger partial charge is 0.341 e. The molecule has 0 aromatic carbocycles. The number of carbonyl (C=O) groups is 1. The quantitative estimate of drug-likeness (QED) is 0.461. The number of rotatable bonds is 1. The van der Waals surface area contributed by atoms with Crippen molar-refractivity contribution >= 4 is 5.97 Å². The lowest BCUT2D eigenvalue weighted by Gasteiger charge is -2.16. The lowest BCUT2D eigenvalue weighted by atomic mass is 10.0. The fourth-order valence-corrected chi connectivity index (χ4v) is 2.32. The molecule has 3 aliphatic rings. The van der Waals surface area contributed by atoms with Gasteiger partial charge in [-0.2, -0.15) is 0 Å². The van der Waals surface area contributed by atoms with Gasteiger partial charge in [0.25, 0.3) is 0 Å². The van der Waals surface area contributed by atoms with Crippen LogP contribution in [0.2, 0.25) is 0 Å². The highest BCUT2D eigenvalue weighted by atomic mass is 16.8. The summed E-state index contributed by atoms with van der Waals surface area (Å²) < 4.78 is 21.5. The Labute approximate surface area is 87.6 Å². The van der Waals surface area contributed by atoms with Crippen LogP contribution in [0, 0.1) is 0 Å². The van der Waals surface area contributed by atoms with E-state index in [4.69, 9.17) is 18.9 Å². The van der Waals surface area contributed by atoms with Gasteiger partial charge in [0.05, 0.1) is 13.2 Å². The van der Waals surface area contributed by atoms with Crippen LogP contribution in [0.3, 0.4) is 0 Å². The summed E-state index contributed by atoms with van der Waals surface area (Å²) >= 11 is 0. The summed E-state index contributed by atoms with van der Waals surface area (Å²) in [5.41, 5.74) is -0.714. The van der Waals surface area contributed by atoms with E-state index in [-0.39, 0.29) is 18.2 Å². The van der Waals surface area contributed by atoms with Gasteiger partial charge in [-0.3, -0.25) is 0 Å². The Kier molecular flexibility index (Phi) is 1.74. The van der Waals surface area contributed by atoms with Gasteiger partial charge in [0.1, 0.15) is 12.2 Å². The van der Waals surface area contributed by atoms with Crippen LogP contribution in [-0.2, 0) is 23.7 Å². The van der Waals surface area contributed by atoms with Crippen molar-refractivity contribution in [2.24, 2.45) is 0 Å². The molecule has 0 aromatic heterocycles. The summed E-state index contributed by atoms with van der Waals surface area (Å²) in [5, 5.41) is 0. The van der Waals surface area contributed by atoms with Crippen molar-refractivity contribution in [1.29, 1.82) is 0 Å². The van der Waals surface area contributed by atoms with Crippen molar-refractivity contribution in [2.45, 2.75) is 43.9 Å². The summed E-state index contributed by atoms with van der Waals surface area (Å²) in [6, 6.07) is 0. The van der Waals surface area contributed by atoms with Crippen LogP contribution in [0.5, 0.6) is 0 Å². The molecule has 5 nitrogen and oxygen atoms in total. The zero-order valence-electron chi connectivity index (χ0n) is 8.82. The van der Waals surface area contributed by atoms with Gasteiger partial charge < -0.3 is 18.9 Å². The first-order valence-electron chi connectivity index (χ1n) is 5.20. The molecule has 3 atom stereocenters. The van der Waals surface area contributed by atoms with E-state index in [2.05, 4.69) is 0 Å². The third kappa shape index (κ3) is 1.30. The lowest BCUT2D eigenvalue weighted by Crippen LogP contribution is -2.31. The molecule has 0 N–H and O–H groups in total. The molecule has 3 aliphatic heterocycles. The minimum Gasteiger partial charge on any atom is -0.463 e.